The second-order valence-corrected chi connectivity index (χ2v) is 40.1. The zero-order chi connectivity index (χ0) is 113. The van der Waals surface area contributed by atoms with Crippen molar-refractivity contribution in [3.63, 3.8) is 0 Å². The highest BCUT2D eigenvalue weighted by Gasteiger charge is 2.98. The summed E-state index contributed by atoms with van der Waals surface area (Å²) in [6.45, 7) is -4.61. The maximum absolute atomic E-state index is 15.6. The lowest BCUT2D eigenvalue weighted by molar-refractivity contribution is -0.696. The van der Waals surface area contributed by atoms with Gasteiger partial charge in [0, 0.05) is 38.5 Å². The molecule has 1 aromatic rings. The molecule has 830 valence electrons. The van der Waals surface area contributed by atoms with Crippen LogP contribution in [0.15, 0.2) is 18.7 Å². The molecule has 0 amide bonds. The van der Waals surface area contributed by atoms with Gasteiger partial charge >= 0.3 is 215 Å². The quantitative estimate of drug-likeness (QED) is 0.0349. The van der Waals surface area contributed by atoms with Crippen molar-refractivity contribution in [2.24, 2.45) is 0 Å². The van der Waals surface area contributed by atoms with Gasteiger partial charge in [-0.05, 0) is 12.8 Å². The predicted molar refractivity (Wildman–Crippen MR) is 296 cm³/mol. The van der Waals surface area contributed by atoms with Gasteiger partial charge in [-0.2, -0.15) is 342 Å². The fraction of sp³-hybridized carbons (Fsp3) is 0.947. The van der Waals surface area contributed by atoms with Gasteiger partial charge in [-0.3, -0.25) is 0 Å². The van der Waals surface area contributed by atoms with Gasteiger partial charge in [-0.25, -0.2) is 9.13 Å². The third-order valence-corrected chi connectivity index (χ3v) is 31.5. The van der Waals surface area contributed by atoms with Gasteiger partial charge in [0.25, 0.3) is 0 Å². The summed E-state index contributed by atoms with van der Waals surface area (Å²) >= 11 is 0. The number of hydrogen-bond acceptors (Lipinski definition) is 0. The molecule has 1 aromatic heterocycles. The highest BCUT2D eigenvalue weighted by atomic mass is 28.3. The number of hydrogen-bond donors (Lipinski definition) is 0. The molecule has 0 aliphatic heterocycles. The molecule has 0 radical (unpaired) electrons. The minimum atomic E-state index is -9.38. The predicted octanol–water partition coefficient (Wildman–Crippen LogP) is 31.2. The van der Waals surface area contributed by atoms with Gasteiger partial charge in [-0.15, -0.1) is 0 Å². The number of imidazole rings is 1. The summed E-state index contributed by atoms with van der Waals surface area (Å²) in [6, 6.07) is -29.6. The van der Waals surface area contributed by atoms with Crippen LogP contribution in [0.2, 0.25) is 48.4 Å². The summed E-state index contributed by atoms with van der Waals surface area (Å²) in [5.74, 6) is -270. The average Bonchev–Trinajstić information content (AvgIpc) is 0.801. The fourth-order valence-electron chi connectivity index (χ4n) is 11.8. The SMILES string of the molecule is FC(F)(F)C(F)(F)C(F)(F)C(F)(F)C(F)(F)C(F)(F)CC[Si](CCCn1cc[n+](CCC[Si](CCC(F)(F)C(F)(F)C(F)(F)C(F)(F)C(F)(F)C(F)(F)F)(CCC(F)(F)C(F)(F)C(F)(F)C(F)(F)C(F)(F)C(F)(F)F)CCC(F)(F)C(F)(F)C(F)(F)C(F)(F)C(F)(F)C(F)(F)F)c1)(CCC(F)(F)C(F)(F)C(F)(F)C(F)(F)C(F)(F)C(F)(F)F)CCC(F)(F)C(F)(F)C(F)(F)C(F)(F)C(F)(F)C(F)(F)F. The number of alkyl halides is 78. The summed E-state index contributed by atoms with van der Waals surface area (Å²) in [5, 5.41) is 0. The summed E-state index contributed by atoms with van der Waals surface area (Å²) in [7, 11) is -15.6. The van der Waals surface area contributed by atoms with E-state index in [0.29, 0.717) is 0 Å². The first-order valence-corrected chi connectivity index (χ1v) is 39.8. The minimum absolute atomic E-state index is 0.328. The maximum Gasteiger partial charge on any atom is 0.460 e. The van der Waals surface area contributed by atoms with Crippen LogP contribution in [0.25, 0.3) is 0 Å². The van der Waals surface area contributed by atoms with Crippen molar-refractivity contribution in [3.8, 4) is 0 Å². The average molecular weight is 2290 g/mol. The Balaban J connectivity index is 5.20. The lowest BCUT2D eigenvalue weighted by atomic mass is 9.93. The van der Waals surface area contributed by atoms with Gasteiger partial charge in [0.15, 0.2) is 0 Å². The zero-order valence-corrected chi connectivity index (χ0v) is 65.8. The van der Waals surface area contributed by atoms with Crippen LogP contribution in [-0.4, -0.2) is 235 Å². The van der Waals surface area contributed by atoms with E-state index < -0.39 is 359 Å². The van der Waals surface area contributed by atoms with E-state index in [9.17, 15) is 237 Å². The molecular formula is C57H39F78N2Si2+. The van der Waals surface area contributed by atoms with E-state index in [0.717, 1.165) is 0 Å². The van der Waals surface area contributed by atoms with E-state index >= 15 is 105 Å². The molecule has 0 bridgehead atoms. The van der Waals surface area contributed by atoms with E-state index in [1.54, 1.807) is 0 Å². The van der Waals surface area contributed by atoms with Gasteiger partial charge in [0.2, 0.25) is 6.33 Å². The van der Waals surface area contributed by atoms with Gasteiger partial charge in [0.1, 0.15) is 12.4 Å². The van der Waals surface area contributed by atoms with E-state index in [-0.39, 0.29) is 12.4 Å². The largest absolute Gasteiger partial charge is 0.460 e. The normalized spacial score (nSPS) is 16.8. The first kappa shape index (κ1) is 131. The van der Waals surface area contributed by atoms with Crippen molar-refractivity contribution in [1.82, 2.24) is 4.57 Å². The minimum Gasteiger partial charge on any atom is -0.237 e. The van der Waals surface area contributed by atoms with Crippen LogP contribution in [0.5, 0.6) is 0 Å². The third-order valence-electron chi connectivity index (χ3n) is 20.8. The van der Waals surface area contributed by atoms with Crippen molar-refractivity contribution in [2.45, 2.75) is 328 Å². The van der Waals surface area contributed by atoms with E-state index in [2.05, 4.69) is 0 Å². The Morgan fingerprint density at radius 3 is 0.424 bits per heavy atom. The van der Waals surface area contributed by atoms with Crippen LogP contribution < -0.4 is 4.57 Å². The Morgan fingerprint density at radius 1 is 0.158 bits per heavy atom. The Morgan fingerprint density at radius 2 is 0.288 bits per heavy atom. The maximum atomic E-state index is 15.6. The van der Waals surface area contributed by atoms with Crippen LogP contribution in [0.4, 0.5) is 342 Å². The molecule has 139 heavy (non-hydrogen) atoms. The molecule has 0 aliphatic carbocycles. The highest BCUT2D eigenvalue weighted by Crippen LogP contribution is 2.71. The molecule has 0 aromatic carbocycles. The number of aromatic nitrogens is 2. The molecule has 2 nitrogen and oxygen atoms in total. The zero-order valence-electron chi connectivity index (χ0n) is 63.8. The first-order chi connectivity index (χ1) is 59.4. The number of nitrogens with zero attached hydrogens (tertiary/aromatic N) is 2. The Bertz CT molecular complexity index is 3600. The van der Waals surface area contributed by atoms with E-state index in [1.807, 2.05) is 0 Å². The number of halogens is 78. The molecule has 0 N–H and O–H groups in total. The first-order valence-electron chi connectivity index (χ1n) is 34.2. The number of rotatable bonds is 50. The van der Waals surface area contributed by atoms with Crippen molar-refractivity contribution >= 4 is 16.1 Å². The van der Waals surface area contributed by atoms with Crippen LogP contribution in [0.1, 0.15) is 51.4 Å². The topological polar surface area (TPSA) is 8.81 Å². The molecule has 0 aliphatic rings. The smallest absolute Gasteiger partial charge is 0.237 e. The highest BCUT2D eigenvalue weighted by molar-refractivity contribution is 6.80. The molecule has 0 spiro atoms. The second kappa shape index (κ2) is 36.6. The van der Waals surface area contributed by atoms with Crippen molar-refractivity contribution in [2.75, 3.05) is 0 Å². The van der Waals surface area contributed by atoms with Gasteiger partial charge in [-0.1, -0.05) is 48.4 Å². The Kier molecular flexibility index (Phi) is 34.6. The van der Waals surface area contributed by atoms with Gasteiger partial charge in [0.05, 0.1) is 29.2 Å². The third kappa shape index (κ3) is 20.7. The molecule has 1 heterocycles. The van der Waals surface area contributed by atoms with Crippen molar-refractivity contribution in [3.05, 3.63) is 18.7 Å². The summed E-state index contributed by atoms with van der Waals surface area (Å²) in [4.78, 5) is 0. The molecule has 0 saturated heterocycles. The van der Waals surface area contributed by atoms with E-state index in [1.165, 1.54) is 0 Å². The summed E-state index contributed by atoms with van der Waals surface area (Å²) in [6.07, 6.45) is -85.2. The standard InChI is InChI=1S/C57H39F78N2Si2/c58-22(59,28(70,71)34(82,83)40(94,95)46(106,107)52(118,119)120)3-15-138(16-4-23(60,61)29(72,73)35(84,85)41(96,97)47(108,109)53(121,122)123,17-5-24(62,63)30(74,75)36(86,87)42(98,99)48(110,111)54(124,125)126)13-1-9-136-11-12-137(21-136)10-2-14-139(18-6-25(64,65)31(76,77)37(88,89)43(100,101)49(112,113)55(127,128)129,19-7-26(66,67)32(78,79)38(90,91)44(102,103)50(114,115)56(130,131)132)20-8-27(68,69)33(80,81)39(92,93)45(104,105)51(116,117)57(133,134)135/h11-12,21H,1-10,13-20H2/q+1. The fourth-order valence-corrected chi connectivity index (χ4v) is 21.6. The molecule has 0 saturated carbocycles. The van der Waals surface area contributed by atoms with Crippen LogP contribution in [0.3, 0.4) is 0 Å². The summed E-state index contributed by atoms with van der Waals surface area (Å²) < 4.78 is 1110. The molecular weight excluding hydrogens is 2250 g/mol. The van der Waals surface area contributed by atoms with Crippen molar-refractivity contribution in [1.29, 1.82) is 0 Å². The van der Waals surface area contributed by atoms with Gasteiger partial charge < -0.3 is 0 Å². The van der Waals surface area contributed by atoms with E-state index in [4.69, 9.17) is 0 Å². The molecule has 0 unspecified atom stereocenters. The van der Waals surface area contributed by atoms with Crippen LogP contribution in [0, 0.1) is 0 Å². The monoisotopic (exact) mass is 2290 g/mol. The lowest BCUT2D eigenvalue weighted by Gasteiger charge is -2.43. The molecule has 0 fully saturated rings. The molecule has 82 heteroatoms. The Hall–Kier alpha value is -5.82. The van der Waals surface area contributed by atoms with Crippen LogP contribution in [-0.2, 0) is 13.1 Å². The second-order valence-electron chi connectivity index (χ2n) is 30.1. The number of aryl methyl sites for hydroxylation is 2. The molecule has 0 atom stereocenters. The Labute approximate surface area is 714 Å². The lowest BCUT2D eigenvalue weighted by Crippen LogP contribution is -2.70. The van der Waals surface area contributed by atoms with Crippen LogP contribution >= 0.6 is 0 Å². The van der Waals surface area contributed by atoms with Crippen molar-refractivity contribution < 1.29 is 347 Å². The molecule has 1 rings (SSSR count). The summed E-state index contributed by atoms with van der Waals surface area (Å²) in [5.41, 5.74) is 0.